The van der Waals surface area contributed by atoms with Crippen molar-refractivity contribution in [3.63, 3.8) is 0 Å². The summed E-state index contributed by atoms with van der Waals surface area (Å²) in [4.78, 5) is 13.8. The number of methoxy groups -OCH3 is 1. The molecule has 0 saturated heterocycles. The van der Waals surface area contributed by atoms with Gasteiger partial charge >= 0.3 is 5.97 Å². The molecule has 0 unspecified atom stereocenters. The van der Waals surface area contributed by atoms with E-state index in [0.717, 1.165) is 22.3 Å². The molecular formula is C37H33BrO6. The lowest BCUT2D eigenvalue weighted by Crippen LogP contribution is -2.12. The van der Waals surface area contributed by atoms with E-state index >= 15 is 0 Å². The average molecular weight is 654 g/mol. The predicted molar refractivity (Wildman–Crippen MR) is 173 cm³/mol. The summed E-state index contributed by atoms with van der Waals surface area (Å²) in [6.07, 6.45) is 0. The van der Waals surface area contributed by atoms with E-state index in [9.17, 15) is 4.79 Å². The highest BCUT2D eigenvalue weighted by atomic mass is 79.9. The Morgan fingerprint density at radius 1 is 0.614 bits per heavy atom. The van der Waals surface area contributed by atoms with Crippen LogP contribution < -0.4 is 18.9 Å². The molecule has 0 bridgehead atoms. The van der Waals surface area contributed by atoms with Crippen molar-refractivity contribution in [2.75, 3.05) is 7.11 Å². The minimum Gasteiger partial charge on any atom is -0.495 e. The zero-order chi connectivity index (χ0) is 30.7. The van der Waals surface area contributed by atoms with Crippen LogP contribution in [0.15, 0.2) is 120 Å². The van der Waals surface area contributed by atoms with Gasteiger partial charge in [-0.25, -0.2) is 4.79 Å². The molecule has 0 heterocycles. The SMILES string of the molecule is COc1cc(OCc2ccccc2)cc(COC(=O)c2c(OCc3ccccc3)cc(C)cc2OCc2ccccc2)c1Br. The lowest BCUT2D eigenvalue weighted by molar-refractivity contribution is 0.0460. The van der Waals surface area contributed by atoms with Gasteiger partial charge in [0, 0.05) is 11.6 Å². The number of halogens is 1. The van der Waals surface area contributed by atoms with Gasteiger partial charge in [0.25, 0.3) is 0 Å². The minimum absolute atomic E-state index is 0.0392. The van der Waals surface area contributed by atoms with Crippen LogP contribution in [0, 0.1) is 6.92 Å². The van der Waals surface area contributed by atoms with Crippen molar-refractivity contribution in [2.45, 2.75) is 33.4 Å². The summed E-state index contributed by atoms with van der Waals surface area (Å²) in [7, 11) is 1.58. The van der Waals surface area contributed by atoms with Crippen molar-refractivity contribution in [2.24, 2.45) is 0 Å². The number of hydrogen-bond donors (Lipinski definition) is 0. The fourth-order valence-corrected chi connectivity index (χ4v) is 5.05. The monoisotopic (exact) mass is 652 g/mol. The second kappa shape index (κ2) is 15.1. The Hall–Kier alpha value is -4.75. The van der Waals surface area contributed by atoms with Gasteiger partial charge < -0.3 is 23.7 Å². The number of aryl methyl sites for hydroxylation is 1. The van der Waals surface area contributed by atoms with E-state index in [0.29, 0.717) is 39.6 Å². The van der Waals surface area contributed by atoms with Crippen LogP contribution in [0.1, 0.15) is 38.2 Å². The summed E-state index contributed by atoms with van der Waals surface area (Å²) < 4.78 is 30.6. The van der Waals surface area contributed by atoms with Crippen LogP contribution in [0.5, 0.6) is 23.0 Å². The molecule has 0 amide bonds. The molecule has 0 aliphatic heterocycles. The van der Waals surface area contributed by atoms with Gasteiger partial charge in [-0.3, -0.25) is 0 Å². The van der Waals surface area contributed by atoms with Gasteiger partial charge in [-0.2, -0.15) is 0 Å². The number of carbonyl (C=O) groups is 1. The summed E-state index contributed by atoms with van der Waals surface area (Å²) in [5.74, 6) is 1.36. The summed E-state index contributed by atoms with van der Waals surface area (Å²) >= 11 is 3.60. The molecule has 44 heavy (non-hydrogen) atoms. The molecule has 224 valence electrons. The molecule has 0 N–H and O–H groups in total. The second-order valence-corrected chi connectivity index (χ2v) is 10.9. The molecule has 0 aliphatic rings. The van der Waals surface area contributed by atoms with Gasteiger partial charge in [0.05, 0.1) is 11.6 Å². The molecular weight excluding hydrogens is 620 g/mol. The van der Waals surface area contributed by atoms with E-state index in [1.165, 1.54) is 0 Å². The molecule has 0 aromatic heterocycles. The third-order valence-corrected chi connectivity index (χ3v) is 7.70. The van der Waals surface area contributed by atoms with Crippen LogP contribution in [-0.2, 0) is 31.2 Å². The fraction of sp³-hybridized carbons (Fsp3) is 0.162. The normalized spacial score (nSPS) is 10.6. The van der Waals surface area contributed by atoms with Crippen molar-refractivity contribution < 1.29 is 28.5 Å². The second-order valence-electron chi connectivity index (χ2n) is 10.1. The number of rotatable bonds is 13. The number of carbonyl (C=O) groups excluding carboxylic acids is 1. The van der Waals surface area contributed by atoms with Crippen LogP contribution >= 0.6 is 15.9 Å². The van der Waals surface area contributed by atoms with E-state index in [1.54, 1.807) is 13.2 Å². The minimum atomic E-state index is -0.572. The van der Waals surface area contributed by atoms with Crippen LogP contribution in [-0.4, -0.2) is 13.1 Å². The highest BCUT2D eigenvalue weighted by molar-refractivity contribution is 9.10. The molecule has 5 aromatic carbocycles. The third-order valence-electron chi connectivity index (χ3n) is 6.80. The molecule has 0 fully saturated rings. The Morgan fingerprint density at radius 3 is 1.57 bits per heavy atom. The maximum atomic E-state index is 13.8. The Balaban J connectivity index is 1.39. The van der Waals surface area contributed by atoms with E-state index in [1.807, 2.05) is 116 Å². The van der Waals surface area contributed by atoms with Gasteiger partial charge in [0.1, 0.15) is 55.0 Å². The Bertz CT molecular complexity index is 1610. The van der Waals surface area contributed by atoms with Crippen molar-refractivity contribution >= 4 is 21.9 Å². The van der Waals surface area contributed by atoms with Gasteiger partial charge in [-0.15, -0.1) is 0 Å². The van der Waals surface area contributed by atoms with Crippen LogP contribution in [0.3, 0.4) is 0 Å². The summed E-state index contributed by atoms with van der Waals surface area (Å²) in [6, 6.07) is 36.7. The highest BCUT2D eigenvalue weighted by Crippen LogP contribution is 2.36. The number of ether oxygens (including phenoxy) is 5. The number of benzene rings is 5. The summed E-state index contributed by atoms with van der Waals surface area (Å²) in [6.45, 7) is 2.85. The molecule has 0 aliphatic carbocycles. The zero-order valence-electron chi connectivity index (χ0n) is 24.6. The Labute approximate surface area is 266 Å². The van der Waals surface area contributed by atoms with Crippen molar-refractivity contribution in [3.8, 4) is 23.0 Å². The first-order chi connectivity index (χ1) is 21.5. The van der Waals surface area contributed by atoms with Crippen molar-refractivity contribution in [3.05, 3.63) is 153 Å². The van der Waals surface area contributed by atoms with Crippen LogP contribution in [0.4, 0.5) is 0 Å². The number of esters is 1. The first-order valence-electron chi connectivity index (χ1n) is 14.2. The van der Waals surface area contributed by atoms with Crippen molar-refractivity contribution in [1.29, 1.82) is 0 Å². The highest BCUT2D eigenvalue weighted by Gasteiger charge is 2.23. The smallest absolute Gasteiger partial charge is 0.346 e. The van der Waals surface area contributed by atoms with Crippen LogP contribution in [0.25, 0.3) is 0 Å². The first-order valence-corrected chi connectivity index (χ1v) is 15.0. The lowest BCUT2D eigenvalue weighted by Gasteiger charge is -2.18. The quantitative estimate of drug-likeness (QED) is 0.118. The summed E-state index contributed by atoms with van der Waals surface area (Å²) in [5.41, 5.74) is 4.79. The Kier molecular flexibility index (Phi) is 10.5. The standard InChI is InChI=1S/C37H33BrO6/c1-26-18-32(42-23-28-14-8-4-9-15-28)35(33(19-26)43-24-29-16-10-5-11-17-29)37(39)44-25-30-20-31(21-34(40-2)36(30)38)41-22-27-12-6-3-7-13-27/h3-21H,22-25H2,1-2H3. The number of hydrogen-bond acceptors (Lipinski definition) is 6. The molecule has 0 radical (unpaired) electrons. The average Bonchev–Trinajstić information content (AvgIpc) is 3.06. The van der Waals surface area contributed by atoms with Gasteiger partial charge in [-0.1, -0.05) is 91.0 Å². The molecule has 7 heteroatoms. The van der Waals surface area contributed by atoms with Gasteiger partial charge in [-0.05, 0) is 63.3 Å². The first kappa shape index (κ1) is 30.7. The molecule has 5 aromatic rings. The molecule has 6 nitrogen and oxygen atoms in total. The zero-order valence-corrected chi connectivity index (χ0v) is 26.2. The molecule has 5 rings (SSSR count). The van der Waals surface area contributed by atoms with Crippen LogP contribution in [0.2, 0.25) is 0 Å². The van der Waals surface area contributed by atoms with Gasteiger partial charge in [0.2, 0.25) is 0 Å². The molecule has 0 spiro atoms. The third kappa shape index (κ3) is 8.20. The molecule has 0 saturated carbocycles. The van der Waals surface area contributed by atoms with E-state index in [4.69, 9.17) is 23.7 Å². The van der Waals surface area contributed by atoms with E-state index in [2.05, 4.69) is 15.9 Å². The van der Waals surface area contributed by atoms with E-state index in [-0.39, 0.29) is 25.4 Å². The van der Waals surface area contributed by atoms with Gasteiger partial charge in [0.15, 0.2) is 0 Å². The molecule has 0 atom stereocenters. The maximum absolute atomic E-state index is 13.8. The Morgan fingerprint density at radius 2 is 1.09 bits per heavy atom. The summed E-state index contributed by atoms with van der Waals surface area (Å²) in [5, 5.41) is 0. The van der Waals surface area contributed by atoms with E-state index < -0.39 is 5.97 Å². The predicted octanol–water partition coefficient (Wildman–Crippen LogP) is 8.86. The maximum Gasteiger partial charge on any atom is 0.346 e. The fourth-order valence-electron chi connectivity index (χ4n) is 4.54. The topological polar surface area (TPSA) is 63.2 Å². The largest absolute Gasteiger partial charge is 0.495 e. The van der Waals surface area contributed by atoms with Crippen molar-refractivity contribution in [1.82, 2.24) is 0 Å². The lowest BCUT2D eigenvalue weighted by atomic mass is 10.1.